The van der Waals surface area contributed by atoms with Crippen LogP contribution in [0, 0.1) is 0 Å². The van der Waals surface area contributed by atoms with Gasteiger partial charge in [0.25, 0.3) is 0 Å². The number of hydrogen-bond acceptors (Lipinski definition) is 5. The fourth-order valence-electron chi connectivity index (χ4n) is 2.09. The molecule has 6 heteroatoms. The number of nitrogens with two attached hydrogens (primary N) is 1. The summed E-state index contributed by atoms with van der Waals surface area (Å²) in [5.74, 6) is 0.906. The Kier molecular flexibility index (Phi) is 4.70. The van der Waals surface area contributed by atoms with Crippen molar-refractivity contribution in [2.45, 2.75) is 6.42 Å². The largest absolute Gasteiger partial charge is 0.383 e. The second kappa shape index (κ2) is 6.49. The van der Waals surface area contributed by atoms with E-state index in [2.05, 4.69) is 14.9 Å². The highest BCUT2D eigenvalue weighted by Gasteiger charge is 2.13. The monoisotopic (exact) mass is 263 g/mol. The fraction of sp³-hybridized carbons (Fsp3) is 0.538. The molecule has 0 aromatic carbocycles. The van der Waals surface area contributed by atoms with Gasteiger partial charge in [0.1, 0.15) is 5.52 Å². The number of nitrogens with zero attached hydrogens (tertiary/aromatic N) is 4. The Morgan fingerprint density at radius 3 is 2.95 bits per heavy atom. The number of imidazole rings is 1. The summed E-state index contributed by atoms with van der Waals surface area (Å²) in [5, 5.41) is 0. The van der Waals surface area contributed by atoms with Crippen molar-refractivity contribution in [1.29, 1.82) is 0 Å². The minimum absolute atomic E-state index is 0.662. The summed E-state index contributed by atoms with van der Waals surface area (Å²) in [6.45, 7) is 2.99. The van der Waals surface area contributed by atoms with Gasteiger partial charge in [-0.05, 0) is 19.0 Å². The zero-order chi connectivity index (χ0) is 13.7. The van der Waals surface area contributed by atoms with Crippen molar-refractivity contribution in [2.75, 3.05) is 38.3 Å². The number of methoxy groups -OCH3 is 1. The highest BCUT2D eigenvalue weighted by atomic mass is 16.5. The van der Waals surface area contributed by atoms with Crippen molar-refractivity contribution >= 4 is 16.9 Å². The third-order valence-electron chi connectivity index (χ3n) is 3.12. The van der Waals surface area contributed by atoms with Gasteiger partial charge in [0, 0.05) is 33.4 Å². The van der Waals surface area contributed by atoms with Gasteiger partial charge < -0.3 is 19.9 Å². The molecule has 104 valence electrons. The summed E-state index contributed by atoms with van der Waals surface area (Å²) in [6.07, 6.45) is 4.56. The van der Waals surface area contributed by atoms with E-state index in [4.69, 9.17) is 10.5 Å². The standard InChI is InChI=1S/C13H21N5O/c1-17-10-16-12-11(17)4-6-15-13(12)18(7-3-5-14)8-9-19-2/h4,6,10H,3,5,7-9,14H2,1-2H3. The number of rotatable bonds is 7. The van der Waals surface area contributed by atoms with Gasteiger partial charge in [-0.15, -0.1) is 0 Å². The highest BCUT2D eigenvalue weighted by Crippen LogP contribution is 2.22. The highest BCUT2D eigenvalue weighted by molar-refractivity contribution is 5.86. The van der Waals surface area contributed by atoms with E-state index in [0.29, 0.717) is 13.2 Å². The second-order valence-corrected chi connectivity index (χ2v) is 4.48. The molecule has 2 aromatic heterocycles. The van der Waals surface area contributed by atoms with Crippen molar-refractivity contribution in [3.63, 3.8) is 0 Å². The number of pyridine rings is 1. The molecule has 0 fully saturated rings. The molecule has 0 aliphatic carbocycles. The molecule has 2 N–H and O–H groups in total. The third-order valence-corrected chi connectivity index (χ3v) is 3.12. The molecule has 0 atom stereocenters. The summed E-state index contributed by atoms with van der Waals surface area (Å²) < 4.78 is 7.16. The van der Waals surface area contributed by atoms with E-state index >= 15 is 0 Å². The molecule has 2 rings (SSSR count). The number of hydrogen-bond donors (Lipinski definition) is 1. The third kappa shape index (κ3) is 3.02. The van der Waals surface area contributed by atoms with E-state index < -0.39 is 0 Å². The summed E-state index contributed by atoms with van der Waals surface area (Å²) >= 11 is 0. The van der Waals surface area contributed by atoms with Crippen molar-refractivity contribution < 1.29 is 4.74 Å². The van der Waals surface area contributed by atoms with E-state index in [-0.39, 0.29) is 0 Å². The maximum atomic E-state index is 5.60. The van der Waals surface area contributed by atoms with Gasteiger partial charge in [-0.1, -0.05) is 0 Å². The van der Waals surface area contributed by atoms with Gasteiger partial charge in [-0.25, -0.2) is 9.97 Å². The number of fused-ring (bicyclic) bond motifs is 1. The van der Waals surface area contributed by atoms with Gasteiger partial charge in [0.05, 0.1) is 18.5 Å². The van der Waals surface area contributed by atoms with Crippen LogP contribution in [0.3, 0.4) is 0 Å². The van der Waals surface area contributed by atoms with Crippen LogP contribution in [0.25, 0.3) is 11.0 Å². The lowest BCUT2D eigenvalue weighted by molar-refractivity contribution is 0.205. The maximum Gasteiger partial charge on any atom is 0.156 e. The predicted molar refractivity (Wildman–Crippen MR) is 76.3 cm³/mol. The van der Waals surface area contributed by atoms with E-state index in [9.17, 15) is 0 Å². The zero-order valence-electron chi connectivity index (χ0n) is 11.5. The Labute approximate surface area is 113 Å². The smallest absolute Gasteiger partial charge is 0.156 e. The summed E-state index contributed by atoms with van der Waals surface area (Å²) in [4.78, 5) is 11.1. The van der Waals surface area contributed by atoms with Gasteiger partial charge >= 0.3 is 0 Å². The molecule has 19 heavy (non-hydrogen) atoms. The van der Waals surface area contributed by atoms with Crippen LogP contribution in [0.4, 0.5) is 5.82 Å². The lowest BCUT2D eigenvalue weighted by atomic mass is 10.3. The lowest BCUT2D eigenvalue weighted by Crippen LogP contribution is -2.30. The van der Waals surface area contributed by atoms with Gasteiger partial charge in [0.2, 0.25) is 0 Å². The molecule has 0 aliphatic heterocycles. The second-order valence-electron chi connectivity index (χ2n) is 4.48. The Balaban J connectivity index is 2.31. The quantitative estimate of drug-likeness (QED) is 0.799. The van der Waals surface area contributed by atoms with Crippen LogP contribution in [0.15, 0.2) is 18.6 Å². The molecule has 0 amide bonds. The first kappa shape index (κ1) is 13.8. The van der Waals surface area contributed by atoms with Crippen LogP contribution in [-0.4, -0.2) is 47.9 Å². The fourth-order valence-corrected chi connectivity index (χ4v) is 2.09. The first-order valence-electron chi connectivity index (χ1n) is 6.48. The van der Waals surface area contributed by atoms with Crippen molar-refractivity contribution in [2.24, 2.45) is 12.8 Å². The molecule has 0 bridgehead atoms. The number of aryl methyl sites for hydroxylation is 1. The SMILES string of the molecule is COCCN(CCCN)c1nccc2c1ncn2C. The van der Waals surface area contributed by atoms with Crippen molar-refractivity contribution in [3.8, 4) is 0 Å². The van der Waals surface area contributed by atoms with Crippen molar-refractivity contribution in [1.82, 2.24) is 14.5 Å². The Bertz CT molecular complexity index is 517. The van der Waals surface area contributed by atoms with Gasteiger partial charge in [-0.3, -0.25) is 0 Å². The average molecular weight is 263 g/mol. The average Bonchev–Trinajstić information content (AvgIpc) is 2.81. The van der Waals surface area contributed by atoms with E-state index in [1.165, 1.54) is 0 Å². The predicted octanol–water partition coefficient (Wildman–Crippen LogP) is 0.770. The first-order valence-corrected chi connectivity index (χ1v) is 6.48. The first-order chi connectivity index (χ1) is 9.27. The van der Waals surface area contributed by atoms with Crippen LogP contribution < -0.4 is 10.6 Å². The van der Waals surface area contributed by atoms with Crippen LogP contribution in [-0.2, 0) is 11.8 Å². The molecular formula is C13H21N5O. The summed E-state index contributed by atoms with van der Waals surface area (Å²) in [5.41, 5.74) is 7.61. The van der Waals surface area contributed by atoms with E-state index in [1.807, 2.05) is 30.2 Å². The van der Waals surface area contributed by atoms with Crippen LogP contribution >= 0.6 is 0 Å². The molecule has 2 aromatic rings. The van der Waals surface area contributed by atoms with Gasteiger partial charge in [0.15, 0.2) is 5.82 Å². The van der Waals surface area contributed by atoms with E-state index in [0.717, 1.165) is 36.4 Å². The van der Waals surface area contributed by atoms with Crippen molar-refractivity contribution in [3.05, 3.63) is 18.6 Å². The normalized spacial score (nSPS) is 11.1. The molecule has 0 saturated carbocycles. The van der Waals surface area contributed by atoms with Gasteiger partial charge in [-0.2, -0.15) is 0 Å². The molecule has 0 saturated heterocycles. The Morgan fingerprint density at radius 2 is 2.21 bits per heavy atom. The number of anilines is 1. The van der Waals surface area contributed by atoms with Crippen LogP contribution in [0.2, 0.25) is 0 Å². The molecule has 0 radical (unpaired) electrons. The summed E-state index contributed by atoms with van der Waals surface area (Å²) in [6, 6.07) is 1.98. The molecule has 0 unspecified atom stereocenters. The molecule has 0 aliphatic rings. The minimum Gasteiger partial charge on any atom is -0.383 e. The molecule has 2 heterocycles. The minimum atomic E-state index is 0.662. The van der Waals surface area contributed by atoms with E-state index in [1.54, 1.807) is 7.11 Å². The zero-order valence-corrected chi connectivity index (χ0v) is 11.5. The van der Waals surface area contributed by atoms with Crippen LogP contribution in [0.1, 0.15) is 6.42 Å². The Hall–Kier alpha value is -1.66. The van der Waals surface area contributed by atoms with Crippen LogP contribution in [0.5, 0.6) is 0 Å². The molecule has 0 spiro atoms. The summed E-state index contributed by atoms with van der Waals surface area (Å²) in [7, 11) is 3.69. The molecule has 6 nitrogen and oxygen atoms in total. The topological polar surface area (TPSA) is 69.2 Å². The molecular weight excluding hydrogens is 242 g/mol. The lowest BCUT2D eigenvalue weighted by Gasteiger charge is -2.23. The maximum absolute atomic E-state index is 5.60. The Morgan fingerprint density at radius 1 is 1.37 bits per heavy atom. The number of aromatic nitrogens is 3. The number of ether oxygens (including phenoxy) is 1.